The van der Waals surface area contributed by atoms with Gasteiger partial charge in [0.15, 0.2) is 0 Å². The lowest BCUT2D eigenvalue weighted by atomic mass is 9.89. The first-order valence-electron chi connectivity index (χ1n) is 16.9. The van der Waals surface area contributed by atoms with Crippen LogP contribution in [0.25, 0.3) is 33.4 Å². The highest BCUT2D eigenvalue weighted by atomic mass is 16.4. The molecule has 0 fully saturated rings. The predicted octanol–water partition coefficient (Wildman–Crippen LogP) is 4.73. The Morgan fingerprint density at radius 1 is 0.865 bits per heavy atom. The number of carbonyl (C=O) groups excluding carboxylic acids is 3. The number of aromatic carboxylic acids is 1. The van der Waals surface area contributed by atoms with Crippen LogP contribution in [0.1, 0.15) is 43.8 Å². The summed E-state index contributed by atoms with van der Waals surface area (Å²) >= 11 is 0. The average molecular weight is 689 g/mol. The van der Waals surface area contributed by atoms with Crippen molar-refractivity contribution in [1.82, 2.24) is 9.89 Å². The fourth-order valence-electron chi connectivity index (χ4n) is 6.51. The summed E-state index contributed by atoms with van der Waals surface area (Å²) in [4.78, 5) is 43.4. The van der Waals surface area contributed by atoms with Gasteiger partial charge in [-0.3, -0.25) is 9.59 Å². The van der Waals surface area contributed by atoms with E-state index in [1.165, 1.54) is 6.07 Å². The molecule has 0 radical (unpaired) electrons. The van der Waals surface area contributed by atoms with Gasteiger partial charge in [-0.25, -0.2) is 4.58 Å². The molecule has 0 spiro atoms. The Morgan fingerprint density at radius 3 is 2.37 bits per heavy atom. The lowest BCUT2D eigenvalue weighted by molar-refractivity contribution is -0.254. The summed E-state index contributed by atoms with van der Waals surface area (Å²) < 4.78 is 8.35. The van der Waals surface area contributed by atoms with E-state index in [1.54, 1.807) is 17.0 Å². The highest BCUT2D eigenvalue weighted by Crippen LogP contribution is 2.42. The van der Waals surface area contributed by atoms with Gasteiger partial charge in [-0.05, 0) is 59.7 Å². The molecule has 2 aliphatic heterocycles. The van der Waals surface area contributed by atoms with Crippen molar-refractivity contribution in [1.29, 1.82) is 0 Å². The van der Waals surface area contributed by atoms with Crippen molar-refractivity contribution in [2.75, 3.05) is 44.5 Å². The van der Waals surface area contributed by atoms with Gasteiger partial charge in [0.2, 0.25) is 11.3 Å². The summed E-state index contributed by atoms with van der Waals surface area (Å²) in [7, 11) is 7.74. The summed E-state index contributed by atoms with van der Waals surface area (Å²) in [6.45, 7) is 0.387. The lowest BCUT2D eigenvalue weighted by Gasteiger charge is -2.26. The summed E-state index contributed by atoms with van der Waals surface area (Å²) in [5, 5.41) is 17.2. The maximum absolute atomic E-state index is 13.7. The Balaban J connectivity index is 1.18. The predicted molar refractivity (Wildman–Crippen MR) is 201 cm³/mol. The summed E-state index contributed by atoms with van der Waals surface area (Å²) in [5.41, 5.74) is 6.51. The second-order valence-corrected chi connectivity index (χ2v) is 13.1. The van der Waals surface area contributed by atoms with Crippen LogP contribution in [0.3, 0.4) is 0 Å². The molecule has 2 amide bonds. The summed E-state index contributed by atoms with van der Waals surface area (Å²) in [5.74, 6) is 4.88. The van der Waals surface area contributed by atoms with Crippen LogP contribution in [0, 0.1) is 11.8 Å². The topological polar surface area (TPSA) is 109 Å². The highest BCUT2D eigenvalue weighted by Gasteiger charge is 2.24. The van der Waals surface area contributed by atoms with E-state index in [0.717, 1.165) is 27.7 Å². The Hall–Kier alpha value is -6.66. The fourth-order valence-corrected chi connectivity index (χ4v) is 6.51. The normalized spacial score (nSPS) is 11.8. The largest absolute Gasteiger partial charge is 0.545 e. The maximum atomic E-state index is 13.7. The van der Waals surface area contributed by atoms with Crippen molar-refractivity contribution in [3.05, 3.63) is 136 Å². The second-order valence-electron chi connectivity index (χ2n) is 13.1. The van der Waals surface area contributed by atoms with Crippen molar-refractivity contribution in [2.24, 2.45) is 0 Å². The number of para-hydroxylation sites is 1. The molecule has 2 heterocycles. The minimum Gasteiger partial charge on any atom is -0.545 e. The van der Waals surface area contributed by atoms with Crippen molar-refractivity contribution in [3.8, 4) is 34.3 Å². The first kappa shape index (κ1) is 33.8. The van der Waals surface area contributed by atoms with Gasteiger partial charge in [0.05, 0.1) is 24.3 Å². The van der Waals surface area contributed by atoms with E-state index in [4.69, 9.17) is 4.42 Å². The molecule has 7 rings (SSSR count). The van der Waals surface area contributed by atoms with E-state index >= 15 is 0 Å². The number of nitrogens with one attached hydrogen (secondary N) is 1. The van der Waals surface area contributed by atoms with Gasteiger partial charge < -0.3 is 29.4 Å². The van der Waals surface area contributed by atoms with Crippen LogP contribution in [-0.2, 0) is 11.3 Å². The molecule has 9 nitrogen and oxygen atoms in total. The number of carboxylic acids is 1. The van der Waals surface area contributed by atoms with E-state index < -0.39 is 11.9 Å². The highest BCUT2D eigenvalue weighted by molar-refractivity contribution is 6.09. The van der Waals surface area contributed by atoms with Crippen LogP contribution < -0.4 is 30.2 Å². The minimum absolute atomic E-state index is 0.0243. The molecular weight excluding hydrogens is 652 g/mol. The third kappa shape index (κ3) is 6.50. The number of anilines is 2. The number of hydrogen-bond acceptors (Lipinski definition) is 6. The number of carboxylic acid groups (broad SMARTS) is 1. The molecule has 1 N–H and O–H groups in total. The molecule has 0 unspecified atom stereocenters. The molecule has 0 saturated carbocycles. The van der Waals surface area contributed by atoms with Crippen molar-refractivity contribution in [3.63, 3.8) is 0 Å². The molecule has 3 aliphatic rings. The van der Waals surface area contributed by atoms with Crippen LogP contribution in [0.2, 0.25) is 0 Å². The lowest BCUT2D eigenvalue weighted by Crippen LogP contribution is -2.35. The van der Waals surface area contributed by atoms with Crippen LogP contribution in [0.15, 0.2) is 108 Å². The molecule has 52 heavy (non-hydrogen) atoms. The average Bonchev–Trinajstić information content (AvgIpc) is 3.13. The first-order chi connectivity index (χ1) is 25.1. The van der Waals surface area contributed by atoms with Gasteiger partial charge in [-0.1, -0.05) is 48.2 Å². The van der Waals surface area contributed by atoms with E-state index in [2.05, 4.69) is 17.2 Å². The first-order valence-corrected chi connectivity index (χ1v) is 16.9. The molecule has 0 bridgehead atoms. The smallest absolute Gasteiger partial charge is 0.251 e. The fraction of sp³-hybridized carbons (Fsp3) is 0.163. The number of hydrogen-bond donors (Lipinski definition) is 1. The van der Waals surface area contributed by atoms with Crippen LogP contribution in [0.4, 0.5) is 11.4 Å². The van der Waals surface area contributed by atoms with Crippen LogP contribution in [-0.4, -0.2) is 52.5 Å². The van der Waals surface area contributed by atoms with Crippen molar-refractivity contribution >= 4 is 40.1 Å². The van der Waals surface area contributed by atoms with E-state index in [9.17, 15) is 19.5 Å². The third-order valence-corrected chi connectivity index (χ3v) is 9.29. The van der Waals surface area contributed by atoms with E-state index in [-0.39, 0.29) is 30.0 Å². The summed E-state index contributed by atoms with van der Waals surface area (Å²) in [6, 6.07) is 31.3. The van der Waals surface area contributed by atoms with Crippen molar-refractivity contribution in [2.45, 2.75) is 13.0 Å². The van der Waals surface area contributed by atoms with Gasteiger partial charge in [-0.2, -0.15) is 0 Å². The number of carbonyl (C=O) groups is 3. The number of amides is 2. The molecule has 0 atom stereocenters. The second kappa shape index (κ2) is 13.9. The molecule has 9 heteroatoms. The van der Waals surface area contributed by atoms with Crippen molar-refractivity contribution < 1.29 is 23.9 Å². The number of nitrogens with zero attached hydrogens (tertiary/aromatic N) is 3. The third-order valence-electron chi connectivity index (χ3n) is 9.29. The zero-order valence-corrected chi connectivity index (χ0v) is 29.3. The SMILES string of the molecule is CN(C)c1ccc2c(-c3ccc(C(=O)NCCC(=O)N4Cc5ccccc5C#Cc5ccccc54)cc3C(=O)[O-])c3ccc(=[N+](C)C)cc-3oc2c1. The number of fused-ring (bicyclic) bond motifs is 4. The molecule has 258 valence electrons. The van der Waals surface area contributed by atoms with Gasteiger partial charge in [0.1, 0.15) is 25.4 Å². The quantitative estimate of drug-likeness (QED) is 0.148. The molecule has 0 saturated heterocycles. The Labute approximate surface area is 301 Å². The summed E-state index contributed by atoms with van der Waals surface area (Å²) in [6.07, 6.45) is 0.0243. The molecule has 1 aliphatic carbocycles. The van der Waals surface area contributed by atoms with Crippen LogP contribution >= 0.6 is 0 Å². The Kier molecular flexibility index (Phi) is 9.06. The van der Waals surface area contributed by atoms with E-state index in [1.807, 2.05) is 123 Å². The zero-order valence-electron chi connectivity index (χ0n) is 29.3. The minimum atomic E-state index is -1.42. The zero-order chi connectivity index (χ0) is 36.5. The van der Waals surface area contributed by atoms with Gasteiger partial charge in [0, 0.05) is 83.6 Å². The van der Waals surface area contributed by atoms with Gasteiger partial charge >= 0.3 is 0 Å². The van der Waals surface area contributed by atoms with Gasteiger partial charge in [0.25, 0.3) is 5.91 Å². The monoisotopic (exact) mass is 688 g/mol. The number of rotatable bonds is 7. The molecule has 4 aromatic rings. The molecule has 0 aromatic heterocycles. The van der Waals surface area contributed by atoms with E-state index in [0.29, 0.717) is 45.7 Å². The Morgan fingerprint density at radius 2 is 1.60 bits per heavy atom. The van der Waals surface area contributed by atoms with Gasteiger partial charge in [-0.15, -0.1) is 0 Å². The molecular formula is C43H36N4O5. The molecule has 4 aromatic carbocycles. The van der Waals surface area contributed by atoms with Crippen LogP contribution in [0.5, 0.6) is 0 Å². The maximum Gasteiger partial charge on any atom is 0.251 e. The standard InChI is InChI=1S/C43H36N4O5/c1-45(2)31-16-19-34-38(24-31)52-39-25-32(46(3)4)17-20-35(39)41(34)33-18-15-29(23-36(33)43(50)51)42(49)44-22-21-40(48)47-26-30-11-6-5-9-27(30)13-14-28-10-7-8-12-37(28)47/h5-12,15-20,23-25H,21-22,26H2,1-4H3,(H-,44,49,50,51). The number of benzene rings is 5. The Bertz CT molecular complexity index is 2520.